The summed E-state index contributed by atoms with van der Waals surface area (Å²) in [6.07, 6.45) is 0. The van der Waals surface area contributed by atoms with Crippen LogP contribution in [0.4, 0.5) is 0 Å². The van der Waals surface area contributed by atoms with Crippen LogP contribution < -0.4 is 16.4 Å². The van der Waals surface area contributed by atoms with Gasteiger partial charge in [0.05, 0.1) is 0 Å². The maximum Gasteiger partial charge on any atom is 0.253 e. The van der Waals surface area contributed by atoms with Gasteiger partial charge in [-0.15, -0.1) is 0 Å². The van der Waals surface area contributed by atoms with Gasteiger partial charge in [0.1, 0.15) is 13.2 Å². The zero-order valence-corrected chi connectivity index (χ0v) is 13.9. The zero-order chi connectivity index (χ0) is 18.7. The molecular formula is C16H24N4O5. The van der Waals surface area contributed by atoms with Gasteiger partial charge in [-0.25, -0.2) is 0 Å². The second kappa shape index (κ2) is 11.1. The first kappa shape index (κ1) is 20.6. The quantitative estimate of drug-likeness (QED) is 0.323. The maximum absolute atomic E-state index is 12.7. The summed E-state index contributed by atoms with van der Waals surface area (Å²) in [6, 6.07) is 6.89. The molecule has 0 aliphatic heterocycles. The summed E-state index contributed by atoms with van der Waals surface area (Å²) in [7, 11) is 0. The van der Waals surface area contributed by atoms with Crippen LogP contribution in [0.15, 0.2) is 24.3 Å². The standard InChI is InChI=1S/C16H24N4O5/c17-9-12-2-1-3-13(8-12)16(25)20(6-4-18-14(23)10-21)7-5-19-15(24)11-22/h1-3,8,21-22H,4-7,9-11,17H2,(H,18,23)(H,19,24). The predicted octanol–water partition coefficient (Wildman–Crippen LogP) is -2.20. The Morgan fingerprint density at radius 2 is 1.56 bits per heavy atom. The van der Waals surface area contributed by atoms with Crippen molar-refractivity contribution < 1.29 is 24.6 Å². The highest BCUT2D eigenvalue weighted by atomic mass is 16.3. The summed E-state index contributed by atoms with van der Waals surface area (Å²) in [6.45, 7) is -0.220. The average Bonchev–Trinajstić information content (AvgIpc) is 2.65. The molecule has 1 aromatic carbocycles. The lowest BCUT2D eigenvalue weighted by atomic mass is 10.1. The Hall–Kier alpha value is -2.49. The molecule has 0 atom stereocenters. The average molecular weight is 352 g/mol. The SMILES string of the molecule is NCc1cccc(C(=O)N(CCNC(=O)CO)CCNC(=O)CO)c1. The van der Waals surface area contributed by atoms with Crippen molar-refractivity contribution in [2.45, 2.75) is 6.54 Å². The number of rotatable bonds is 10. The van der Waals surface area contributed by atoms with Gasteiger partial charge < -0.3 is 31.5 Å². The fraction of sp³-hybridized carbons (Fsp3) is 0.438. The van der Waals surface area contributed by atoms with Crippen molar-refractivity contribution in [3.8, 4) is 0 Å². The Morgan fingerprint density at radius 3 is 2.04 bits per heavy atom. The molecule has 1 aromatic rings. The monoisotopic (exact) mass is 352 g/mol. The Kier molecular flexibility index (Phi) is 9.15. The molecule has 0 bridgehead atoms. The molecule has 0 saturated heterocycles. The van der Waals surface area contributed by atoms with Gasteiger partial charge in [0.25, 0.3) is 5.91 Å². The fourth-order valence-electron chi connectivity index (χ4n) is 2.10. The van der Waals surface area contributed by atoms with Gasteiger partial charge >= 0.3 is 0 Å². The maximum atomic E-state index is 12.7. The van der Waals surface area contributed by atoms with E-state index in [1.807, 2.05) is 6.07 Å². The molecule has 0 saturated carbocycles. The van der Waals surface area contributed by atoms with Crippen LogP contribution in [0, 0.1) is 0 Å². The van der Waals surface area contributed by atoms with Crippen molar-refractivity contribution in [3.05, 3.63) is 35.4 Å². The van der Waals surface area contributed by atoms with Crippen LogP contribution >= 0.6 is 0 Å². The number of hydrogen-bond acceptors (Lipinski definition) is 6. The minimum atomic E-state index is -0.626. The number of carbonyl (C=O) groups excluding carboxylic acids is 3. The molecule has 0 radical (unpaired) electrons. The van der Waals surface area contributed by atoms with Gasteiger partial charge in [0, 0.05) is 38.3 Å². The van der Waals surface area contributed by atoms with E-state index in [1.165, 1.54) is 4.90 Å². The summed E-state index contributed by atoms with van der Waals surface area (Å²) in [5, 5.41) is 22.3. The minimum Gasteiger partial charge on any atom is -0.387 e. The molecule has 9 heteroatoms. The van der Waals surface area contributed by atoms with E-state index in [0.29, 0.717) is 12.1 Å². The van der Waals surface area contributed by atoms with Gasteiger partial charge in [0.2, 0.25) is 11.8 Å². The zero-order valence-electron chi connectivity index (χ0n) is 13.9. The van der Waals surface area contributed by atoms with E-state index in [1.54, 1.807) is 18.2 Å². The van der Waals surface area contributed by atoms with Crippen molar-refractivity contribution in [1.82, 2.24) is 15.5 Å². The van der Waals surface area contributed by atoms with Crippen LogP contribution in [0.5, 0.6) is 0 Å². The van der Waals surface area contributed by atoms with Gasteiger partial charge in [-0.2, -0.15) is 0 Å². The largest absolute Gasteiger partial charge is 0.387 e. The summed E-state index contributed by atoms with van der Waals surface area (Å²) in [5.74, 6) is -1.34. The summed E-state index contributed by atoms with van der Waals surface area (Å²) in [5.41, 5.74) is 6.85. The van der Waals surface area contributed by atoms with Crippen molar-refractivity contribution >= 4 is 17.7 Å². The summed E-state index contributed by atoms with van der Waals surface area (Å²) in [4.78, 5) is 36.3. The van der Waals surface area contributed by atoms with Crippen LogP contribution in [0.1, 0.15) is 15.9 Å². The lowest BCUT2D eigenvalue weighted by Crippen LogP contribution is -2.43. The predicted molar refractivity (Wildman–Crippen MR) is 90.4 cm³/mol. The second-order valence-electron chi connectivity index (χ2n) is 5.21. The van der Waals surface area contributed by atoms with E-state index < -0.39 is 25.0 Å². The van der Waals surface area contributed by atoms with Crippen molar-refractivity contribution in [1.29, 1.82) is 0 Å². The van der Waals surface area contributed by atoms with Crippen LogP contribution in [0.2, 0.25) is 0 Å². The summed E-state index contributed by atoms with van der Waals surface area (Å²) < 4.78 is 0. The normalized spacial score (nSPS) is 10.2. The molecule has 25 heavy (non-hydrogen) atoms. The van der Waals surface area contributed by atoms with E-state index >= 15 is 0 Å². The topological polar surface area (TPSA) is 145 Å². The van der Waals surface area contributed by atoms with Crippen molar-refractivity contribution in [3.63, 3.8) is 0 Å². The van der Waals surface area contributed by atoms with E-state index in [-0.39, 0.29) is 32.1 Å². The number of aliphatic hydroxyl groups excluding tert-OH is 2. The Morgan fingerprint density at radius 1 is 1.00 bits per heavy atom. The molecule has 6 N–H and O–H groups in total. The number of benzene rings is 1. The lowest BCUT2D eigenvalue weighted by Gasteiger charge is -2.23. The van der Waals surface area contributed by atoms with E-state index in [4.69, 9.17) is 15.9 Å². The van der Waals surface area contributed by atoms with Gasteiger partial charge in [-0.3, -0.25) is 14.4 Å². The number of amides is 3. The smallest absolute Gasteiger partial charge is 0.253 e. The fourth-order valence-corrected chi connectivity index (χ4v) is 2.10. The molecule has 3 amide bonds. The molecule has 0 unspecified atom stereocenters. The first-order chi connectivity index (χ1) is 12.0. The first-order valence-electron chi connectivity index (χ1n) is 7.85. The van der Waals surface area contributed by atoms with Crippen LogP contribution in [-0.4, -0.2) is 72.2 Å². The number of aliphatic hydroxyl groups is 2. The number of hydrogen-bond donors (Lipinski definition) is 5. The van der Waals surface area contributed by atoms with Crippen LogP contribution in [0.3, 0.4) is 0 Å². The van der Waals surface area contributed by atoms with E-state index in [9.17, 15) is 14.4 Å². The van der Waals surface area contributed by atoms with Gasteiger partial charge in [0.15, 0.2) is 0 Å². The van der Waals surface area contributed by atoms with Crippen LogP contribution in [0.25, 0.3) is 0 Å². The number of nitrogens with two attached hydrogens (primary N) is 1. The molecule has 0 aliphatic rings. The molecule has 0 heterocycles. The molecule has 1 rings (SSSR count). The van der Waals surface area contributed by atoms with Crippen LogP contribution in [-0.2, 0) is 16.1 Å². The highest BCUT2D eigenvalue weighted by Crippen LogP contribution is 2.08. The Labute approximate surface area is 145 Å². The molecule has 138 valence electrons. The third-order valence-electron chi connectivity index (χ3n) is 3.39. The lowest BCUT2D eigenvalue weighted by molar-refractivity contribution is -0.124. The van der Waals surface area contributed by atoms with Crippen molar-refractivity contribution in [2.75, 3.05) is 39.4 Å². The number of carbonyl (C=O) groups is 3. The minimum absolute atomic E-state index is 0.162. The molecule has 0 aliphatic carbocycles. The number of nitrogens with zero attached hydrogens (tertiary/aromatic N) is 1. The molecular weight excluding hydrogens is 328 g/mol. The van der Waals surface area contributed by atoms with E-state index in [2.05, 4.69) is 10.6 Å². The number of nitrogens with one attached hydrogen (secondary N) is 2. The van der Waals surface area contributed by atoms with Gasteiger partial charge in [-0.05, 0) is 17.7 Å². The molecule has 0 fully saturated rings. The Balaban J connectivity index is 2.74. The van der Waals surface area contributed by atoms with E-state index in [0.717, 1.165) is 5.56 Å². The highest BCUT2D eigenvalue weighted by Gasteiger charge is 2.16. The Bertz CT molecular complexity index is 572. The van der Waals surface area contributed by atoms with Gasteiger partial charge in [-0.1, -0.05) is 12.1 Å². The third kappa shape index (κ3) is 7.29. The summed E-state index contributed by atoms with van der Waals surface area (Å²) >= 11 is 0. The molecule has 0 spiro atoms. The molecule has 0 aromatic heterocycles. The third-order valence-corrected chi connectivity index (χ3v) is 3.39. The highest BCUT2D eigenvalue weighted by molar-refractivity contribution is 5.94. The van der Waals surface area contributed by atoms with Crippen molar-refractivity contribution in [2.24, 2.45) is 5.73 Å². The first-order valence-corrected chi connectivity index (χ1v) is 7.85. The second-order valence-corrected chi connectivity index (χ2v) is 5.21. The molecule has 9 nitrogen and oxygen atoms in total.